The van der Waals surface area contributed by atoms with Crippen molar-refractivity contribution in [1.82, 2.24) is 9.97 Å². The molecule has 0 unspecified atom stereocenters. The van der Waals surface area contributed by atoms with E-state index in [0.29, 0.717) is 5.88 Å². The number of aryl methyl sites for hydroxylation is 1. The summed E-state index contributed by atoms with van der Waals surface area (Å²) in [6.07, 6.45) is 5.24. The number of benzene rings is 2. The second kappa shape index (κ2) is 9.02. The summed E-state index contributed by atoms with van der Waals surface area (Å²) in [6, 6.07) is 25.7. The Kier molecular flexibility index (Phi) is 5.81. The van der Waals surface area contributed by atoms with Crippen LogP contribution < -0.4 is 9.47 Å². The minimum absolute atomic E-state index is 0.585. The molecule has 4 nitrogen and oxygen atoms in total. The molecule has 0 fully saturated rings. The molecule has 0 aliphatic rings. The third-order valence-corrected chi connectivity index (χ3v) is 4.53. The van der Waals surface area contributed by atoms with Crippen LogP contribution in [0.2, 0.25) is 0 Å². The van der Waals surface area contributed by atoms with E-state index >= 15 is 0 Å². The molecule has 144 valence electrons. The van der Waals surface area contributed by atoms with E-state index in [0.717, 1.165) is 41.3 Å². The highest BCUT2D eigenvalue weighted by Gasteiger charge is 2.03. The third kappa shape index (κ3) is 5.20. The Balaban J connectivity index is 1.35. The number of rotatable bonds is 7. The fraction of sp³-hybridized carbons (Fsp3) is 0.120. The van der Waals surface area contributed by atoms with Crippen molar-refractivity contribution >= 4 is 0 Å². The predicted molar refractivity (Wildman–Crippen MR) is 114 cm³/mol. The molecule has 4 rings (SSSR count). The van der Waals surface area contributed by atoms with Gasteiger partial charge in [-0.1, -0.05) is 37.3 Å². The van der Waals surface area contributed by atoms with Gasteiger partial charge < -0.3 is 9.47 Å². The molecule has 0 aliphatic heterocycles. The van der Waals surface area contributed by atoms with Crippen LogP contribution in [0.1, 0.15) is 23.7 Å². The summed E-state index contributed by atoms with van der Waals surface area (Å²) < 4.78 is 11.6. The van der Waals surface area contributed by atoms with Crippen LogP contribution in [-0.4, -0.2) is 9.97 Å². The first-order chi connectivity index (χ1) is 14.3. The molecule has 0 spiro atoms. The van der Waals surface area contributed by atoms with Crippen LogP contribution in [0.15, 0.2) is 91.3 Å². The monoisotopic (exact) mass is 382 g/mol. The van der Waals surface area contributed by atoms with Gasteiger partial charge in [-0.25, -0.2) is 4.98 Å². The van der Waals surface area contributed by atoms with E-state index in [1.54, 1.807) is 12.4 Å². The predicted octanol–water partition coefficient (Wildman–Crippen LogP) is 6.21. The van der Waals surface area contributed by atoms with Gasteiger partial charge in [-0.15, -0.1) is 0 Å². The van der Waals surface area contributed by atoms with Gasteiger partial charge in [-0.2, -0.15) is 0 Å². The van der Waals surface area contributed by atoms with Crippen molar-refractivity contribution in [1.29, 1.82) is 0 Å². The summed E-state index contributed by atoms with van der Waals surface area (Å²) in [5.74, 6) is 2.90. The summed E-state index contributed by atoms with van der Waals surface area (Å²) in [5, 5.41) is 0. The molecule has 0 amide bonds. The van der Waals surface area contributed by atoms with Crippen LogP contribution in [0, 0.1) is 0 Å². The fourth-order valence-corrected chi connectivity index (χ4v) is 2.92. The zero-order chi connectivity index (χ0) is 19.9. The van der Waals surface area contributed by atoms with Crippen LogP contribution in [-0.2, 0) is 12.8 Å². The van der Waals surface area contributed by atoms with Crippen molar-refractivity contribution in [3.63, 3.8) is 0 Å². The van der Waals surface area contributed by atoms with Gasteiger partial charge >= 0.3 is 0 Å². The van der Waals surface area contributed by atoms with E-state index in [4.69, 9.17) is 9.47 Å². The van der Waals surface area contributed by atoms with E-state index < -0.39 is 0 Å². The fourth-order valence-electron chi connectivity index (χ4n) is 2.92. The van der Waals surface area contributed by atoms with Crippen molar-refractivity contribution in [2.24, 2.45) is 0 Å². The lowest BCUT2D eigenvalue weighted by Crippen LogP contribution is -1.93. The minimum atomic E-state index is 0.585. The molecule has 0 aliphatic carbocycles. The van der Waals surface area contributed by atoms with Crippen molar-refractivity contribution in [3.8, 4) is 23.1 Å². The molecule has 4 aromatic rings. The molecule has 2 heterocycles. The van der Waals surface area contributed by atoms with E-state index in [-0.39, 0.29) is 0 Å². The summed E-state index contributed by atoms with van der Waals surface area (Å²) in [5.41, 5.74) is 3.44. The molecule has 0 saturated carbocycles. The molecule has 29 heavy (non-hydrogen) atoms. The maximum Gasteiger partial charge on any atom is 0.219 e. The first-order valence-corrected chi connectivity index (χ1v) is 9.68. The molecule has 4 heteroatoms. The molecule has 0 saturated heterocycles. The molecular weight excluding hydrogens is 360 g/mol. The Bertz CT molecular complexity index is 1030. The number of aromatic nitrogens is 2. The van der Waals surface area contributed by atoms with E-state index in [9.17, 15) is 0 Å². The van der Waals surface area contributed by atoms with Gasteiger partial charge in [0.2, 0.25) is 5.88 Å². The Morgan fingerprint density at radius 2 is 1.34 bits per heavy atom. The summed E-state index contributed by atoms with van der Waals surface area (Å²) >= 11 is 0. The van der Waals surface area contributed by atoms with Crippen molar-refractivity contribution < 1.29 is 9.47 Å². The highest BCUT2D eigenvalue weighted by atomic mass is 16.5. The topological polar surface area (TPSA) is 44.2 Å². The minimum Gasteiger partial charge on any atom is -0.456 e. The molecule has 2 aromatic carbocycles. The second-order valence-corrected chi connectivity index (χ2v) is 6.68. The Hall–Kier alpha value is -3.66. The smallest absolute Gasteiger partial charge is 0.219 e. The van der Waals surface area contributed by atoms with E-state index in [1.807, 2.05) is 66.7 Å². The summed E-state index contributed by atoms with van der Waals surface area (Å²) in [4.78, 5) is 8.69. The van der Waals surface area contributed by atoms with Crippen LogP contribution in [0.25, 0.3) is 0 Å². The average Bonchev–Trinajstić information content (AvgIpc) is 2.78. The van der Waals surface area contributed by atoms with Gasteiger partial charge in [-0.05, 0) is 60.0 Å². The summed E-state index contributed by atoms with van der Waals surface area (Å²) in [6.45, 7) is 2.14. The first kappa shape index (κ1) is 18.7. The SMILES string of the molecule is CCc1ccc(Oc2ccc(Cc3ccc(Oc4ccccn4)cc3)nc2)cc1. The van der Waals surface area contributed by atoms with Crippen LogP contribution in [0.4, 0.5) is 0 Å². The lowest BCUT2D eigenvalue weighted by molar-refractivity contribution is 0.463. The normalized spacial score (nSPS) is 10.5. The maximum absolute atomic E-state index is 5.87. The van der Waals surface area contributed by atoms with Gasteiger partial charge in [0, 0.05) is 24.4 Å². The molecular formula is C25H22N2O2. The first-order valence-electron chi connectivity index (χ1n) is 9.68. The number of hydrogen-bond donors (Lipinski definition) is 0. The van der Waals surface area contributed by atoms with Crippen molar-refractivity contribution in [2.75, 3.05) is 0 Å². The number of hydrogen-bond acceptors (Lipinski definition) is 4. The average molecular weight is 382 g/mol. The van der Waals surface area contributed by atoms with Gasteiger partial charge in [0.1, 0.15) is 17.2 Å². The maximum atomic E-state index is 5.87. The molecule has 0 atom stereocenters. The Morgan fingerprint density at radius 1 is 0.655 bits per heavy atom. The van der Waals surface area contributed by atoms with Crippen LogP contribution in [0.3, 0.4) is 0 Å². The highest BCUT2D eigenvalue weighted by molar-refractivity contribution is 5.35. The quantitative estimate of drug-likeness (QED) is 0.381. The van der Waals surface area contributed by atoms with Crippen LogP contribution in [0.5, 0.6) is 23.1 Å². The molecule has 0 N–H and O–H groups in total. The Labute approximate surface area is 170 Å². The third-order valence-electron chi connectivity index (χ3n) is 4.53. The van der Waals surface area contributed by atoms with Crippen molar-refractivity contribution in [3.05, 3.63) is 108 Å². The number of pyridine rings is 2. The van der Waals surface area contributed by atoms with Crippen molar-refractivity contribution in [2.45, 2.75) is 19.8 Å². The second-order valence-electron chi connectivity index (χ2n) is 6.68. The molecule has 2 aromatic heterocycles. The zero-order valence-electron chi connectivity index (χ0n) is 16.3. The zero-order valence-corrected chi connectivity index (χ0v) is 16.3. The standard InChI is InChI=1S/C25H22N2O2/c1-2-19-6-11-22(12-7-19)28-24-15-10-21(27-18-24)17-20-8-13-23(14-9-20)29-25-5-3-4-16-26-25/h3-16,18H,2,17H2,1H3. The Morgan fingerprint density at radius 3 is 1.97 bits per heavy atom. The molecule has 0 bridgehead atoms. The lowest BCUT2D eigenvalue weighted by atomic mass is 10.1. The lowest BCUT2D eigenvalue weighted by Gasteiger charge is -2.08. The van der Waals surface area contributed by atoms with Gasteiger partial charge in [0.15, 0.2) is 0 Å². The summed E-state index contributed by atoms with van der Waals surface area (Å²) in [7, 11) is 0. The van der Waals surface area contributed by atoms with Crippen LogP contribution >= 0.6 is 0 Å². The molecule has 0 radical (unpaired) electrons. The largest absolute Gasteiger partial charge is 0.456 e. The van der Waals surface area contributed by atoms with E-state index in [2.05, 4.69) is 29.0 Å². The van der Waals surface area contributed by atoms with Gasteiger partial charge in [-0.3, -0.25) is 4.98 Å². The van der Waals surface area contributed by atoms with Gasteiger partial charge in [0.25, 0.3) is 0 Å². The van der Waals surface area contributed by atoms with Gasteiger partial charge in [0.05, 0.1) is 6.20 Å². The number of nitrogens with zero attached hydrogens (tertiary/aromatic N) is 2. The van der Waals surface area contributed by atoms with E-state index in [1.165, 1.54) is 5.56 Å². The number of ether oxygens (including phenoxy) is 2. The highest BCUT2D eigenvalue weighted by Crippen LogP contribution is 2.23.